The molecule has 0 saturated heterocycles. The van der Waals surface area contributed by atoms with Crippen LogP contribution in [0.5, 0.6) is 0 Å². The van der Waals surface area contributed by atoms with E-state index in [-0.39, 0.29) is 23.8 Å². The van der Waals surface area contributed by atoms with Gasteiger partial charge in [-0.25, -0.2) is 4.79 Å². The molecule has 5 nitrogen and oxygen atoms in total. The third-order valence-corrected chi connectivity index (χ3v) is 3.42. The fourth-order valence-electron chi connectivity index (χ4n) is 1.67. The first-order valence-corrected chi connectivity index (χ1v) is 6.48. The Balaban J connectivity index is 2.43. The molecule has 0 aliphatic heterocycles. The molecule has 5 heteroatoms. The van der Waals surface area contributed by atoms with Crippen LogP contribution in [0.25, 0.3) is 0 Å². The third-order valence-electron chi connectivity index (χ3n) is 3.42. The van der Waals surface area contributed by atoms with E-state index in [4.69, 9.17) is 10.8 Å². The fourth-order valence-corrected chi connectivity index (χ4v) is 1.67. The van der Waals surface area contributed by atoms with Gasteiger partial charge in [0.1, 0.15) is 6.04 Å². The maximum Gasteiger partial charge on any atom is 0.326 e. The van der Waals surface area contributed by atoms with Gasteiger partial charge < -0.3 is 16.2 Å². The first kappa shape index (κ1) is 15.0. The maximum absolute atomic E-state index is 11.8. The van der Waals surface area contributed by atoms with Crippen molar-refractivity contribution in [3.8, 4) is 0 Å². The van der Waals surface area contributed by atoms with Gasteiger partial charge in [0.05, 0.1) is 0 Å². The SMILES string of the molecule is CC(C)(C)C(N)CC(=O)NC(CC1CC1)C(=O)O. The molecule has 0 aromatic carbocycles. The molecule has 18 heavy (non-hydrogen) atoms. The molecule has 1 rings (SSSR count). The Hall–Kier alpha value is -1.10. The number of hydrogen-bond acceptors (Lipinski definition) is 3. The van der Waals surface area contributed by atoms with E-state index in [9.17, 15) is 9.59 Å². The van der Waals surface area contributed by atoms with E-state index in [2.05, 4.69) is 5.32 Å². The van der Waals surface area contributed by atoms with Gasteiger partial charge in [0.25, 0.3) is 0 Å². The molecule has 0 radical (unpaired) electrons. The Morgan fingerprint density at radius 1 is 1.39 bits per heavy atom. The van der Waals surface area contributed by atoms with E-state index in [1.165, 1.54) is 0 Å². The monoisotopic (exact) mass is 256 g/mol. The van der Waals surface area contributed by atoms with E-state index in [1.54, 1.807) is 0 Å². The summed E-state index contributed by atoms with van der Waals surface area (Å²) < 4.78 is 0. The van der Waals surface area contributed by atoms with Crippen LogP contribution in [0.15, 0.2) is 0 Å². The second kappa shape index (κ2) is 5.69. The number of carbonyl (C=O) groups excluding carboxylic acids is 1. The molecule has 1 amide bonds. The smallest absolute Gasteiger partial charge is 0.326 e. The number of amides is 1. The van der Waals surface area contributed by atoms with Crippen LogP contribution < -0.4 is 11.1 Å². The van der Waals surface area contributed by atoms with Crippen molar-refractivity contribution in [2.45, 2.75) is 58.5 Å². The molecule has 0 heterocycles. The Labute approximate surface area is 108 Å². The topological polar surface area (TPSA) is 92.4 Å². The molecule has 0 aromatic heterocycles. The summed E-state index contributed by atoms with van der Waals surface area (Å²) in [5.41, 5.74) is 5.75. The molecule has 4 N–H and O–H groups in total. The number of hydrogen-bond donors (Lipinski definition) is 3. The molecule has 1 saturated carbocycles. The first-order valence-electron chi connectivity index (χ1n) is 6.48. The second-order valence-corrected chi connectivity index (χ2v) is 6.31. The number of aliphatic carboxylic acids is 1. The Kier molecular flexibility index (Phi) is 4.73. The molecule has 0 spiro atoms. The van der Waals surface area contributed by atoms with Crippen LogP contribution in [0.3, 0.4) is 0 Å². The van der Waals surface area contributed by atoms with Crippen LogP contribution in [-0.4, -0.2) is 29.1 Å². The molecule has 1 aliphatic carbocycles. The summed E-state index contributed by atoms with van der Waals surface area (Å²) in [6.45, 7) is 5.89. The average Bonchev–Trinajstić information content (AvgIpc) is 2.98. The van der Waals surface area contributed by atoms with Crippen LogP contribution in [0, 0.1) is 11.3 Å². The van der Waals surface area contributed by atoms with Gasteiger partial charge in [0.2, 0.25) is 5.91 Å². The van der Waals surface area contributed by atoms with Crippen LogP contribution in [0.1, 0.15) is 46.5 Å². The van der Waals surface area contributed by atoms with Crippen LogP contribution >= 0.6 is 0 Å². The normalized spacial score (nSPS) is 19.1. The van der Waals surface area contributed by atoms with Crippen LogP contribution in [0.4, 0.5) is 0 Å². The zero-order chi connectivity index (χ0) is 13.9. The highest BCUT2D eigenvalue weighted by atomic mass is 16.4. The zero-order valence-electron chi connectivity index (χ0n) is 11.4. The van der Waals surface area contributed by atoms with Crippen LogP contribution in [-0.2, 0) is 9.59 Å². The standard InChI is InChI=1S/C13H24N2O3/c1-13(2,3)10(14)7-11(16)15-9(12(17)18)6-8-4-5-8/h8-10H,4-7,14H2,1-3H3,(H,15,16)(H,17,18). The number of carboxylic acid groups (broad SMARTS) is 1. The van der Waals surface area contributed by atoms with Gasteiger partial charge in [0.15, 0.2) is 0 Å². The predicted octanol–water partition coefficient (Wildman–Crippen LogP) is 1.12. The van der Waals surface area contributed by atoms with Crippen molar-refractivity contribution in [1.29, 1.82) is 0 Å². The fraction of sp³-hybridized carbons (Fsp3) is 0.846. The summed E-state index contributed by atoms with van der Waals surface area (Å²) >= 11 is 0. The molecule has 1 fully saturated rings. The predicted molar refractivity (Wildman–Crippen MR) is 69.0 cm³/mol. The summed E-state index contributed by atoms with van der Waals surface area (Å²) in [6, 6.07) is -1.04. The molecular weight excluding hydrogens is 232 g/mol. The van der Waals surface area contributed by atoms with Gasteiger partial charge in [0, 0.05) is 12.5 Å². The highest BCUT2D eigenvalue weighted by Gasteiger charge is 2.31. The number of nitrogens with two attached hydrogens (primary N) is 1. The highest BCUT2D eigenvalue weighted by Crippen LogP contribution is 2.33. The molecule has 1 aliphatic rings. The van der Waals surface area contributed by atoms with E-state index >= 15 is 0 Å². The molecular formula is C13H24N2O3. The van der Waals surface area contributed by atoms with Crippen molar-refractivity contribution in [2.75, 3.05) is 0 Å². The molecule has 0 aromatic rings. The quantitative estimate of drug-likeness (QED) is 0.664. The lowest BCUT2D eigenvalue weighted by Crippen LogP contribution is -2.45. The minimum absolute atomic E-state index is 0.160. The number of rotatable bonds is 6. The Bertz CT molecular complexity index is 319. The van der Waals surface area contributed by atoms with Gasteiger partial charge in [-0.2, -0.15) is 0 Å². The molecule has 0 bridgehead atoms. The largest absolute Gasteiger partial charge is 0.480 e. The van der Waals surface area contributed by atoms with Crippen molar-refractivity contribution in [3.63, 3.8) is 0 Å². The summed E-state index contributed by atoms with van der Waals surface area (Å²) in [4.78, 5) is 22.8. The van der Waals surface area contributed by atoms with E-state index < -0.39 is 12.0 Å². The molecule has 104 valence electrons. The minimum Gasteiger partial charge on any atom is -0.480 e. The van der Waals surface area contributed by atoms with Gasteiger partial charge in [-0.15, -0.1) is 0 Å². The molecule has 2 atom stereocenters. The van der Waals surface area contributed by atoms with E-state index in [0.29, 0.717) is 12.3 Å². The number of carboxylic acids is 1. The van der Waals surface area contributed by atoms with Crippen molar-refractivity contribution in [1.82, 2.24) is 5.32 Å². The van der Waals surface area contributed by atoms with E-state index in [0.717, 1.165) is 12.8 Å². The van der Waals surface area contributed by atoms with Crippen molar-refractivity contribution in [2.24, 2.45) is 17.1 Å². The lowest BCUT2D eigenvalue weighted by atomic mass is 9.85. The summed E-state index contributed by atoms with van der Waals surface area (Å²) in [5.74, 6) is -0.771. The lowest BCUT2D eigenvalue weighted by Gasteiger charge is -2.27. The number of carbonyl (C=O) groups is 2. The Morgan fingerprint density at radius 2 is 1.94 bits per heavy atom. The third kappa shape index (κ3) is 5.04. The van der Waals surface area contributed by atoms with Gasteiger partial charge in [-0.05, 0) is 17.8 Å². The first-order chi connectivity index (χ1) is 8.20. The van der Waals surface area contributed by atoms with Crippen molar-refractivity contribution < 1.29 is 14.7 Å². The zero-order valence-corrected chi connectivity index (χ0v) is 11.4. The average molecular weight is 256 g/mol. The van der Waals surface area contributed by atoms with Gasteiger partial charge in [-0.3, -0.25) is 4.79 Å². The Morgan fingerprint density at radius 3 is 2.33 bits per heavy atom. The summed E-state index contributed by atoms with van der Waals surface area (Å²) in [6.07, 6.45) is 2.84. The highest BCUT2D eigenvalue weighted by molar-refractivity contribution is 5.83. The number of nitrogens with one attached hydrogen (secondary N) is 1. The van der Waals surface area contributed by atoms with Crippen LogP contribution in [0.2, 0.25) is 0 Å². The van der Waals surface area contributed by atoms with Gasteiger partial charge in [-0.1, -0.05) is 33.6 Å². The minimum atomic E-state index is -0.959. The van der Waals surface area contributed by atoms with Crippen molar-refractivity contribution in [3.05, 3.63) is 0 Å². The summed E-state index contributed by atoms with van der Waals surface area (Å²) in [7, 11) is 0. The van der Waals surface area contributed by atoms with E-state index in [1.807, 2.05) is 20.8 Å². The second-order valence-electron chi connectivity index (χ2n) is 6.31. The summed E-state index contributed by atoms with van der Waals surface area (Å²) in [5, 5.41) is 11.6. The van der Waals surface area contributed by atoms with Gasteiger partial charge >= 0.3 is 5.97 Å². The maximum atomic E-state index is 11.8. The lowest BCUT2D eigenvalue weighted by molar-refractivity contribution is -0.142. The van der Waals surface area contributed by atoms with Crippen molar-refractivity contribution >= 4 is 11.9 Å². The molecule has 2 unspecified atom stereocenters.